The van der Waals surface area contributed by atoms with Crippen molar-refractivity contribution < 1.29 is 9.53 Å². The minimum atomic E-state index is -0.206. The Morgan fingerprint density at radius 3 is 2.83 bits per heavy atom. The molecule has 1 amide bonds. The first-order valence-corrected chi connectivity index (χ1v) is 8.80. The SMILES string of the molecule is CNc1cc(C)nc([C@@H]2COCCN2C(=O)CN2CCCCC2)n1. The molecule has 2 saturated heterocycles. The number of hydrogen-bond donors (Lipinski definition) is 1. The molecule has 3 heterocycles. The van der Waals surface area contributed by atoms with Gasteiger partial charge in [0.15, 0.2) is 5.82 Å². The van der Waals surface area contributed by atoms with E-state index in [0.717, 1.165) is 24.6 Å². The summed E-state index contributed by atoms with van der Waals surface area (Å²) < 4.78 is 5.61. The molecule has 0 unspecified atom stereocenters. The largest absolute Gasteiger partial charge is 0.377 e. The van der Waals surface area contributed by atoms with Crippen LogP contribution < -0.4 is 5.32 Å². The number of rotatable bonds is 4. The van der Waals surface area contributed by atoms with Gasteiger partial charge < -0.3 is 15.0 Å². The van der Waals surface area contributed by atoms with Gasteiger partial charge in [-0.05, 0) is 32.9 Å². The lowest BCUT2D eigenvalue weighted by atomic mass is 10.1. The van der Waals surface area contributed by atoms with Crippen LogP contribution >= 0.6 is 0 Å². The minimum absolute atomic E-state index is 0.154. The topological polar surface area (TPSA) is 70.6 Å². The fourth-order valence-corrected chi connectivity index (χ4v) is 3.38. The van der Waals surface area contributed by atoms with E-state index in [1.54, 1.807) is 0 Å². The Morgan fingerprint density at radius 2 is 2.08 bits per heavy atom. The second-order valence-corrected chi connectivity index (χ2v) is 6.52. The van der Waals surface area contributed by atoms with Gasteiger partial charge in [-0.25, -0.2) is 9.97 Å². The van der Waals surface area contributed by atoms with E-state index in [1.165, 1.54) is 19.3 Å². The maximum Gasteiger partial charge on any atom is 0.237 e. The number of aromatic nitrogens is 2. The van der Waals surface area contributed by atoms with E-state index < -0.39 is 0 Å². The Bertz CT molecular complexity index is 574. The van der Waals surface area contributed by atoms with Crippen molar-refractivity contribution in [3.63, 3.8) is 0 Å². The average molecular weight is 333 g/mol. The summed E-state index contributed by atoms with van der Waals surface area (Å²) in [6.45, 7) is 6.10. The maximum atomic E-state index is 12.8. The van der Waals surface area contributed by atoms with E-state index in [9.17, 15) is 4.79 Å². The molecule has 2 aliphatic heterocycles. The Hall–Kier alpha value is -1.73. The highest BCUT2D eigenvalue weighted by Crippen LogP contribution is 2.23. The van der Waals surface area contributed by atoms with Crippen LogP contribution in [0, 0.1) is 6.92 Å². The molecule has 0 aliphatic carbocycles. The Labute approximate surface area is 143 Å². The van der Waals surface area contributed by atoms with Gasteiger partial charge in [0.05, 0.1) is 19.8 Å². The van der Waals surface area contributed by atoms with Gasteiger partial charge >= 0.3 is 0 Å². The predicted octanol–water partition coefficient (Wildman–Crippen LogP) is 1.21. The molecule has 24 heavy (non-hydrogen) atoms. The summed E-state index contributed by atoms with van der Waals surface area (Å²) in [6.07, 6.45) is 3.65. The summed E-state index contributed by atoms with van der Waals surface area (Å²) in [5.74, 6) is 1.58. The molecule has 1 N–H and O–H groups in total. The zero-order valence-corrected chi connectivity index (χ0v) is 14.6. The van der Waals surface area contributed by atoms with Gasteiger partial charge in [-0.1, -0.05) is 6.42 Å². The Morgan fingerprint density at radius 1 is 1.29 bits per heavy atom. The van der Waals surface area contributed by atoms with Gasteiger partial charge in [-0.2, -0.15) is 0 Å². The summed E-state index contributed by atoms with van der Waals surface area (Å²) in [5, 5.41) is 3.05. The van der Waals surface area contributed by atoms with Gasteiger partial charge in [0.2, 0.25) is 5.91 Å². The van der Waals surface area contributed by atoms with E-state index >= 15 is 0 Å². The van der Waals surface area contributed by atoms with Crippen molar-refractivity contribution in [1.29, 1.82) is 0 Å². The average Bonchev–Trinajstić information content (AvgIpc) is 2.62. The van der Waals surface area contributed by atoms with E-state index in [1.807, 2.05) is 24.9 Å². The van der Waals surface area contributed by atoms with Crippen molar-refractivity contribution in [3.8, 4) is 0 Å². The summed E-state index contributed by atoms with van der Waals surface area (Å²) in [7, 11) is 1.84. The molecule has 7 nitrogen and oxygen atoms in total. The third-order valence-corrected chi connectivity index (χ3v) is 4.68. The predicted molar refractivity (Wildman–Crippen MR) is 91.9 cm³/mol. The first kappa shape index (κ1) is 17.1. The van der Waals surface area contributed by atoms with Crippen LogP contribution in [-0.2, 0) is 9.53 Å². The number of aryl methyl sites for hydroxylation is 1. The normalized spacial score (nSPS) is 22.4. The van der Waals surface area contributed by atoms with Crippen molar-refractivity contribution in [3.05, 3.63) is 17.6 Å². The lowest BCUT2D eigenvalue weighted by Gasteiger charge is -2.36. The molecular weight excluding hydrogens is 306 g/mol. The monoisotopic (exact) mass is 333 g/mol. The van der Waals surface area contributed by atoms with Crippen molar-refractivity contribution in [1.82, 2.24) is 19.8 Å². The van der Waals surface area contributed by atoms with E-state index in [4.69, 9.17) is 4.74 Å². The number of hydrogen-bond acceptors (Lipinski definition) is 6. The quantitative estimate of drug-likeness (QED) is 0.893. The number of likely N-dealkylation sites (tertiary alicyclic amines) is 1. The molecule has 132 valence electrons. The molecule has 3 rings (SSSR count). The number of ether oxygens (including phenoxy) is 1. The fraction of sp³-hybridized carbons (Fsp3) is 0.706. The summed E-state index contributed by atoms with van der Waals surface area (Å²) in [5.41, 5.74) is 0.887. The summed E-state index contributed by atoms with van der Waals surface area (Å²) in [6, 6.07) is 1.69. The Kier molecular flexibility index (Phi) is 5.63. The van der Waals surface area contributed by atoms with Crippen LogP contribution in [0.15, 0.2) is 6.07 Å². The molecule has 0 bridgehead atoms. The zero-order chi connectivity index (χ0) is 16.9. The smallest absolute Gasteiger partial charge is 0.237 e. The highest BCUT2D eigenvalue weighted by Gasteiger charge is 2.32. The van der Waals surface area contributed by atoms with E-state index in [2.05, 4.69) is 20.2 Å². The van der Waals surface area contributed by atoms with Crippen LogP contribution in [0.4, 0.5) is 5.82 Å². The van der Waals surface area contributed by atoms with Crippen LogP contribution in [0.25, 0.3) is 0 Å². The number of carbonyl (C=O) groups is 1. The van der Waals surface area contributed by atoms with Crippen molar-refractivity contribution >= 4 is 11.7 Å². The fourth-order valence-electron chi connectivity index (χ4n) is 3.38. The highest BCUT2D eigenvalue weighted by atomic mass is 16.5. The van der Waals surface area contributed by atoms with Crippen LogP contribution in [0.1, 0.15) is 36.8 Å². The summed E-state index contributed by atoms with van der Waals surface area (Å²) >= 11 is 0. The third kappa shape index (κ3) is 4.02. The molecular formula is C17H27N5O2. The molecule has 0 aromatic carbocycles. The standard InChI is InChI=1S/C17H27N5O2/c1-13-10-15(18-2)20-17(19-13)14-12-24-9-8-22(14)16(23)11-21-6-4-3-5-7-21/h10,14H,3-9,11-12H2,1-2H3,(H,18,19,20)/t14-/m0/s1. The van der Waals surface area contributed by atoms with Gasteiger partial charge in [0.25, 0.3) is 0 Å². The van der Waals surface area contributed by atoms with E-state index in [-0.39, 0.29) is 11.9 Å². The van der Waals surface area contributed by atoms with Gasteiger partial charge in [-0.3, -0.25) is 9.69 Å². The number of morpholine rings is 1. The number of amides is 1. The first-order valence-electron chi connectivity index (χ1n) is 8.80. The van der Waals surface area contributed by atoms with Crippen molar-refractivity contribution in [2.24, 2.45) is 0 Å². The molecule has 0 spiro atoms. The number of nitrogens with zero attached hydrogens (tertiary/aromatic N) is 4. The van der Waals surface area contributed by atoms with Crippen molar-refractivity contribution in [2.45, 2.75) is 32.2 Å². The summed E-state index contributed by atoms with van der Waals surface area (Å²) in [4.78, 5) is 26.1. The number of piperidine rings is 1. The minimum Gasteiger partial charge on any atom is -0.377 e. The highest BCUT2D eigenvalue weighted by molar-refractivity contribution is 5.78. The zero-order valence-electron chi connectivity index (χ0n) is 14.6. The lowest BCUT2D eigenvalue weighted by molar-refractivity contribution is -0.142. The molecule has 7 heteroatoms. The molecule has 1 atom stereocenters. The van der Waals surface area contributed by atoms with Crippen LogP contribution in [-0.4, -0.2) is 72.1 Å². The van der Waals surface area contributed by atoms with Gasteiger partial charge in [-0.15, -0.1) is 0 Å². The second-order valence-electron chi connectivity index (χ2n) is 6.52. The number of carbonyl (C=O) groups excluding carboxylic acids is 1. The molecule has 0 radical (unpaired) electrons. The molecule has 1 aromatic rings. The first-order chi connectivity index (χ1) is 11.7. The van der Waals surface area contributed by atoms with Crippen LogP contribution in [0.2, 0.25) is 0 Å². The van der Waals surface area contributed by atoms with Crippen LogP contribution in [0.3, 0.4) is 0 Å². The van der Waals surface area contributed by atoms with Gasteiger partial charge in [0.1, 0.15) is 11.9 Å². The number of anilines is 1. The maximum absolute atomic E-state index is 12.8. The third-order valence-electron chi connectivity index (χ3n) is 4.68. The lowest BCUT2D eigenvalue weighted by Crippen LogP contribution is -2.48. The second kappa shape index (κ2) is 7.90. The molecule has 1 aromatic heterocycles. The molecule has 0 saturated carbocycles. The van der Waals surface area contributed by atoms with Gasteiger partial charge in [0, 0.05) is 25.4 Å². The molecule has 2 fully saturated rings. The van der Waals surface area contributed by atoms with Crippen molar-refractivity contribution in [2.75, 3.05) is 51.8 Å². The molecule has 2 aliphatic rings. The number of nitrogens with one attached hydrogen (secondary N) is 1. The van der Waals surface area contributed by atoms with Crippen LogP contribution in [0.5, 0.6) is 0 Å². The van der Waals surface area contributed by atoms with E-state index in [0.29, 0.717) is 32.1 Å². The Balaban J connectivity index is 1.75.